The molecule has 13 heavy (non-hydrogen) atoms. The van der Waals surface area contributed by atoms with E-state index < -0.39 is 0 Å². The van der Waals surface area contributed by atoms with Crippen molar-refractivity contribution in [2.24, 2.45) is 0 Å². The lowest BCUT2D eigenvalue weighted by molar-refractivity contribution is 0.414. The number of hydrogen-bond acceptors (Lipinski definition) is 1. The van der Waals surface area contributed by atoms with Gasteiger partial charge in [-0.1, -0.05) is 32.6 Å². The van der Waals surface area contributed by atoms with Crippen molar-refractivity contribution in [3.8, 4) is 5.75 Å². The summed E-state index contributed by atoms with van der Waals surface area (Å²) < 4.78 is 5.20. The van der Waals surface area contributed by atoms with Gasteiger partial charge in [-0.2, -0.15) is 0 Å². The minimum atomic E-state index is 0.522. The first kappa shape index (κ1) is 9.85. The molecule has 0 heterocycles. The lowest BCUT2D eigenvalue weighted by atomic mass is 10.0. The molecule has 1 aromatic rings. The van der Waals surface area contributed by atoms with Crippen LogP contribution in [0.1, 0.15) is 30.9 Å². The first-order chi connectivity index (χ1) is 6.17. The maximum Gasteiger partial charge on any atom is 0.119 e. The van der Waals surface area contributed by atoms with Gasteiger partial charge in [-0.15, -0.1) is 0 Å². The van der Waals surface area contributed by atoms with E-state index in [9.17, 15) is 0 Å². The zero-order chi connectivity index (χ0) is 9.84. The first-order valence-electron chi connectivity index (χ1n) is 4.48. The van der Waals surface area contributed by atoms with Gasteiger partial charge in [0.05, 0.1) is 7.11 Å². The van der Waals surface area contributed by atoms with Gasteiger partial charge in [0.1, 0.15) is 5.75 Å². The monoisotopic (exact) mass is 176 g/mol. The molecular formula is C12H16O. The van der Waals surface area contributed by atoms with Gasteiger partial charge in [-0.05, 0) is 29.2 Å². The molecule has 0 atom stereocenters. The number of ether oxygens (including phenoxy) is 1. The molecule has 0 bridgehead atoms. The van der Waals surface area contributed by atoms with Crippen molar-refractivity contribution in [2.75, 3.05) is 7.11 Å². The number of hydrogen-bond donors (Lipinski definition) is 0. The summed E-state index contributed by atoms with van der Waals surface area (Å²) in [6.45, 7) is 8.09. The third kappa shape index (κ3) is 2.35. The quantitative estimate of drug-likeness (QED) is 0.685. The molecule has 0 spiro atoms. The average Bonchev–Trinajstić information content (AvgIpc) is 2.16. The highest BCUT2D eigenvalue weighted by Crippen LogP contribution is 2.23. The Morgan fingerprint density at radius 2 is 2.00 bits per heavy atom. The molecule has 0 saturated heterocycles. The van der Waals surface area contributed by atoms with E-state index in [4.69, 9.17) is 4.74 Å². The molecular weight excluding hydrogens is 160 g/mol. The predicted molar refractivity (Wildman–Crippen MR) is 57.2 cm³/mol. The van der Waals surface area contributed by atoms with Gasteiger partial charge in [0.2, 0.25) is 0 Å². The minimum Gasteiger partial charge on any atom is -0.497 e. The fourth-order valence-corrected chi connectivity index (χ4v) is 1.22. The molecule has 70 valence electrons. The van der Waals surface area contributed by atoms with Crippen LogP contribution in [0.15, 0.2) is 24.8 Å². The Bertz CT molecular complexity index is 300. The van der Waals surface area contributed by atoms with E-state index in [1.165, 1.54) is 5.56 Å². The van der Waals surface area contributed by atoms with Crippen molar-refractivity contribution < 1.29 is 4.74 Å². The topological polar surface area (TPSA) is 9.23 Å². The zero-order valence-electron chi connectivity index (χ0n) is 8.50. The van der Waals surface area contributed by atoms with E-state index in [-0.39, 0.29) is 0 Å². The summed E-state index contributed by atoms with van der Waals surface area (Å²) in [6.07, 6.45) is 1.84. The molecule has 0 aliphatic heterocycles. The van der Waals surface area contributed by atoms with Gasteiger partial charge in [0, 0.05) is 0 Å². The van der Waals surface area contributed by atoms with Crippen LogP contribution in [0.4, 0.5) is 0 Å². The molecule has 0 aromatic heterocycles. The molecule has 0 unspecified atom stereocenters. The molecule has 1 aromatic carbocycles. The van der Waals surface area contributed by atoms with Gasteiger partial charge in [-0.3, -0.25) is 0 Å². The lowest BCUT2D eigenvalue weighted by Crippen LogP contribution is -1.91. The third-order valence-electron chi connectivity index (χ3n) is 2.09. The number of rotatable bonds is 3. The van der Waals surface area contributed by atoms with Crippen LogP contribution in [0, 0.1) is 0 Å². The Morgan fingerprint density at radius 1 is 1.31 bits per heavy atom. The highest BCUT2D eigenvalue weighted by Gasteiger charge is 2.02. The molecule has 0 amide bonds. The first-order valence-corrected chi connectivity index (χ1v) is 4.48. The van der Waals surface area contributed by atoms with E-state index in [2.05, 4.69) is 32.6 Å². The molecule has 0 saturated carbocycles. The molecule has 1 rings (SSSR count). The average molecular weight is 176 g/mol. The van der Waals surface area contributed by atoms with E-state index in [0.717, 1.165) is 11.3 Å². The standard InChI is InChI=1S/C12H16O/c1-5-10-6-11(9(2)3)8-12(7-10)13-4/h5-9H,1H2,2-4H3. The molecule has 1 nitrogen and oxygen atoms in total. The second-order valence-corrected chi connectivity index (χ2v) is 3.40. The third-order valence-corrected chi connectivity index (χ3v) is 2.09. The lowest BCUT2D eigenvalue weighted by Gasteiger charge is -2.09. The summed E-state index contributed by atoms with van der Waals surface area (Å²) in [5.41, 5.74) is 2.40. The Hall–Kier alpha value is -1.24. The van der Waals surface area contributed by atoms with Crippen molar-refractivity contribution in [3.05, 3.63) is 35.9 Å². The molecule has 0 N–H and O–H groups in total. The summed E-state index contributed by atoms with van der Waals surface area (Å²) in [7, 11) is 1.69. The van der Waals surface area contributed by atoms with Crippen molar-refractivity contribution in [2.45, 2.75) is 19.8 Å². The van der Waals surface area contributed by atoms with Gasteiger partial charge in [-0.25, -0.2) is 0 Å². The summed E-state index contributed by atoms with van der Waals surface area (Å²) in [5, 5.41) is 0. The molecule has 0 aliphatic carbocycles. The second kappa shape index (κ2) is 4.13. The Balaban J connectivity index is 3.14. The zero-order valence-corrected chi connectivity index (χ0v) is 8.50. The van der Waals surface area contributed by atoms with Gasteiger partial charge in [0.15, 0.2) is 0 Å². The van der Waals surface area contributed by atoms with Crippen LogP contribution in [0.25, 0.3) is 6.08 Å². The summed E-state index contributed by atoms with van der Waals surface area (Å²) in [5.74, 6) is 1.43. The van der Waals surface area contributed by atoms with Crippen LogP contribution in [-0.4, -0.2) is 7.11 Å². The van der Waals surface area contributed by atoms with E-state index >= 15 is 0 Å². The van der Waals surface area contributed by atoms with E-state index in [1.54, 1.807) is 7.11 Å². The van der Waals surface area contributed by atoms with Crippen molar-refractivity contribution in [1.29, 1.82) is 0 Å². The number of methoxy groups -OCH3 is 1. The molecule has 0 aliphatic rings. The SMILES string of the molecule is C=Cc1cc(OC)cc(C(C)C)c1. The summed E-state index contributed by atoms with van der Waals surface area (Å²) in [4.78, 5) is 0. The van der Waals surface area contributed by atoms with Crippen LogP contribution >= 0.6 is 0 Å². The van der Waals surface area contributed by atoms with Crippen molar-refractivity contribution in [1.82, 2.24) is 0 Å². The van der Waals surface area contributed by atoms with Gasteiger partial charge < -0.3 is 4.74 Å². The fourth-order valence-electron chi connectivity index (χ4n) is 1.22. The largest absolute Gasteiger partial charge is 0.497 e. The number of benzene rings is 1. The van der Waals surface area contributed by atoms with Crippen LogP contribution < -0.4 is 4.74 Å². The summed E-state index contributed by atoms with van der Waals surface area (Å²) in [6, 6.07) is 6.19. The van der Waals surface area contributed by atoms with Crippen molar-refractivity contribution in [3.63, 3.8) is 0 Å². The summed E-state index contributed by atoms with van der Waals surface area (Å²) >= 11 is 0. The minimum absolute atomic E-state index is 0.522. The maximum atomic E-state index is 5.20. The highest BCUT2D eigenvalue weighted by molar-refractivity contribution is 5.52. The van der Waals surface area contributed by atoms with Crippen LogP contribution in [-0.2, 0) is 0 Å². The molecule has 0 fully saturated rings. The smallest absolute Gasteiger partial charge is 0.119 e. The Morgan fingerprint density at radius 3 is 2.46 bits per heavy atom. The maximum absolute atomic E-state index is 5.20. The molecule has 1 heteroatoms. The van der Waals surface area contributed by atoms with Crippen LogP contribution in [0.2, 0.25) is 0 Å². The van der Waals surface area contributed by atoms with Crippen LogP contribution in [0.5, 0.6) is 5.75 Å². The normalized spacial score (nSPS) is 10.2. The van der Waals surface area contributed by atoms with Crippen LogP contribution in [0.3, 0.4) is 0 Å². The Kier molecular flexibility index (Phi) is 3.13. The Labute approximate surface area is 80.0 Å². The molecule has 0 radical (unpaired) electrons. The predicted octanol–water partition coefficient (Wildman–Crippen LogP) is 3.46. The van der Waals surface area contributed by atoms with E-state index in [1.807, 2.05) is 12.1 Å². The highest BCUT2D eigenvalue weighted by atomic mass is 16.5. The second-order valence-electron chi connectivity index (χ2n) is 3.40. The van der Waals surface area contributed by atoms with Gasteiger partial charge in [0.25, 0.3) is 0 Å². The fraction of sp³-hybridized carbons (Fsp3) is 0.333. The van der Waals surface area contributed by atoms with E-state index in [0.29, 0.717) is 5.92 Å². The van der Waals surface area contributed by atoms with Gasteiger partial charge >= 0.3 is 0 Å². The van der Waals surface area contributed by atoms with Crippen molar-refractivity contribution >= 4 is 6.08 Å².